The molecule has 2 N–H and O–H groups in total. The van der Waals surface area contributed by atoms with Gasteiger partial charge in [-0.25, -0.2) is 0 Å². The van der Waals surface area contributed by atoms with Crippen molar-refractivity contribution in [3.8, 4) is 0 Å². The molecule has 1 unspecified atom stereocenters. The zero-order valence-electron chi connectivity index (χ0n) is 14.2. The van der Waals surface area contributed by atoms with E-state index in [4.69, 9.17) is 0 Å². The van der Waals surface area contributed by atoms with Crippen LogP contribution in [0.4, 0.5) is 5.69 Å². The predicted octanol–water partition coefficient (Wildman–Crippen LogP) is 3.08. The lowest BCUT2D eigenvalue weighted by molar-refractivity contribution is -0.116. The quantitative estimate of drug-likeness (QED) is 0.757. The lowest BCUT2D eigenvalue weighted by Gasteiger charge is -2.36. The van der Waals surface area contributed by atoms with Crippen LogP contribution in [0, 0.1) is 5.41 Å². The molecule has 0 aliphatic rings. The van der Waals surface area contributed by atoms with Crippen LogP contribution in [0.15, 0.2) is 29.2 Å². The molecule has 0 radical (unpaired) electrons. The molecule has 1 amide bonds. The Kier molecular flexibility index (Phi) is 7.39. The van der Waals surface area contributed by atoms with Crippen LogP contribution in [0.5, 0.6) is 0 Å². The third kappa shape index (κ3) is 5.63. The molecule has 5 heteroatoms. The van der Waals surface area contributed by atoms with E-state index in [-0.39, 0.29) is 24.0 Å². The van der Waals surface area contributed by atoms with Gasteiger partial charge in [-0.2, -0.15) is 0 Å². The van der Waals surface area contributed by atoms with Gasteiger partial charge in [-0.1, -0.05) is 32.9 Å². The number of hydrogen-bond acceptors (Lipinski definition) is 4. The molecule has 1 aromatic carbocycles. The second kappa shape index (κ2) is 8.56. The van der Waals surface area contributed by atoms with Crippen LogP contribution in [0.1, 0.15) is 27.2 Å². The van der Waals surface area contributed by atoms with Gasteiger partial charge in [0, 0.05) is 23.9 Å². The second-order valence-electron chi connectivity index (χ2n) is 6.54. The van der Waals surface area contributed by atoms with Crippen molar-refractivity contribution in [2.45, 2.75) is 38.1 Å². The van der Waals surface area contributed by atoms with Gasteiger partial charge in [-0.3, -0.25) is 4.79 Å². The van der Waals surface area contributed by atoms with Crippen LogP contribution in [-0.4, -0.2) is 48.4 Å². The van der Waals surface area contributed by atoms with Crippen LogP contribution in [0.25, 0.3) is 0 Å². The van der Waals surface area contributed by atoms with Crippen LogP contribution in [0.3, 0.4) is 0 Å². The van der Waals surface area contributed by atoms with Crippen molar-refractivity contribution >= 4 is 23.4 Å². The van der Waals surface area contributed by atoms with E-state index in [2.05, 4.69) is 31.0 Å². The molecule has 0 aromatic heterocycles. The van der Waals surface area contributed by atoms with Gasteiger partial charge < -0.3 is 15.3 Å². The monoisotopic (exact) mass is 324 g/mol. The molecule has 0 saturated carbocycles. The Labute approximate surface area is 138 Å². The van der Waals surface area contributed by atoms with Crippen molar-refractivity contribution in [1.29, 1.82) is 0 Å². The Morgan fingerprint density at radius 2 is 2.00 bits per heavy atom. The number of benzene rings is 1. The fourth-order valence-electron chi connectivity index (χ4n) is 2.47. The number of rotatable bonds is 7. The molecule has 1 aromatic rings. The zero-order chi connectivity index (χ0) is 16.8. The Bertz CT molecular complexity index is 486. The highest BCUT2D eigenvalue weighted by Gasteiger charge is 2.27. The minimum atomic E-state index is -0.0224. The summed E-state index contributed by atoms with van der Waals surface area (Å²) in [5.41, 5.74) is 0.836. The fraction of sp³-hybridized carbons (Fsp3) is 0.588. The lowest BCUT2D eigenvalue weighted by atomic mass is 9.86. The highest BCUT2D eigenvalue weighted by Crippen LogP contribution is 2.25. The van der Waals surface area contributed by atoms with Crippen molar-refractivity contribution < 1.29 is 9.90 Å². The van der Waals surface area contributed by atoms with Crippen molar-refractivity contribution in [1.82, 2.24) is 4.90 Å². The first-order chi connectivity index (χ1) is 10.3. The average Bonchev–Trinajstić information content (AvgIpc) is 2.45. The van der Waals surface area contributed by atoms with Crippen LogP contribution in [0.2, 0.25) is 0 Å². The average molecular weight is 324 g/mol. The summed E-state index contributed by atoms with van der Waals surface area (Å²) >= 11 is 1.62. The third-order valence-corrected chi connectivity index (χ3v) is 4.57. The lowest BCUT2D eigenvalue weighted by Crippen LogP contribution is -2.45. The topological polar surface area (TPSA) is 52.6 Å². The summed E-state index contributed by atoms with van der Waals surface area (Å²) in [7, 11) is 1.95. The first-order valence-electron chi connectivity index (χ1n) is 7.53. The molecule has 0 spiro atoms. The minimum Gasteiger partial charge on any atom is -0.395 e. The number of nitrogens with one attached hydrogen (secondary N) is 1. The molecule has 124 valence electrons. The summed E-state index contributed by atoms with van der Waals surface area (Å²) < 4.78 is 0. The molecule has 4 nitrogen and oxygen atoms in total. The Balaban J connectivity index is 2.56. The van der Waals surface area contributed by atoms with Crippen molar-refractivity contribution in [2.24, 2.45) is 5.41 Å². The number of amides is 1. The number of likely N-dealkylation sites (N-methyl/N-ethyl adjacent to an activating group) is 1. The maximum atomic E-state index is 12.1. The maximum Gasteiger partial charge on any atom is 0.225 e. The first-order valence-corrected chi connectivity index (χ1v) is 8.76. The standard InChI is InChI=1S/C17H28N2O2S/c1-17(2,3)15(12-20)19(4)11-10-16(21)18-13-8-6-7-9-14(13)22-5/h6-9,15,20H,10-12H2,1-5H3,(H,18,21). The van der Waals surface area contributed by atoms with Gasteiger partial charge in [-0.15, -0.1) is 11.8 Å². The maximum absolute atomic E-state index is 12.1. The number of carbonyl (C=O) groups excluding carboxylic acids is 1. The summed E-state index contributed by atoms with van der Waals surface area (Å²) in [5, 5.41) is 12.5. The molecule has 0 aliphatic carbocycles. The van der Waals surface area contributed by atoms with Gasteiger partial charge in [-0.05, 0) is 30.9 Å². The van der Waals surface area contributed by atoms with Crippen LogP contribution in [-0.2, 0) is 4.79 Å². The Hall–Kier alpha value is -1.04. The molecule has 0 fully saturated rings. The number of aliphatic hydroxyl groups is 1. The minimum absolute atomic E-state index is 0.000973. The van der Waals surface area contributed by atoms with E-state index in [9.17, 15) is 9.90 Å². The van der Waals surface area contributed by atoms with E-state index in [1.807, 2.05) is 37.6 Å². The van der Waals surface area contributed by atoms with Crippen LogP contribution >= 0.6 is 11.8 Å². The molecule has 0 saturated heterocycles. The molecular formula is C17H28N2O2S. The molecular weight excluding hydrogens is 296 g/mol. The second-order valence-corrected chi connectivity index (χ2v) is 7.39. The summed E-state index contributed by atoms with van der Waals surface area (Å²) in [6.07, 6.45) is 2.40. The summed E-state index contributed by atoms with van der Waals surface area (Å²) in [5.74, 6) is -0.000973. The molecule has 22 heavy (non-hydrogen) atoms. The van der Waals surface area contributed by atoms with E-state index >= 15 is 0 Å². The number of para-hydroxylation sites is 1. The summed E-state index contributed by atoms with van der Waals surface area (Å²) in [4.78, 5) is 15.3. The van der Waals surface area contributed by atoms with E-state index in [0.717, 1.165) is 10.6 Å². The first kappa shape index (κ1) is 19.0. The van der Waals surface area contributed by atoms with Crippen molar-refractivity contribution in [2.75, 3.05) is 31.8 Å². The van der Waals surface area contributed by atoms with Gasteiger partial charge in [0.15, 0.2) is 0 Å². The normalized spacial score (nSPS) is 13.2. The van der Waals surface area contributed by atoms with E-state index in [0.29, 0.717) is 13.0 Å². The van der Waals surface area contributed by atoms with Crippen LogP contribution < -0.4 is 5.32 Å². The highest BCUT2D eigenvalue weighted by atomic mass is 32.2. The largest absolute Gasteiger partial charge is 0.395 e. The zero-order valence-corrected chi connectivity index (χ0v) is 15.0. The van der Waals surface area contributed by atoms with Gasteiger partial charge in [0.05, 0.1) is 12.3 Å². The third-order valence-electron chi connectivity index (χ3n) is 3.78. The van der Waals surface area contributed by atoms with Crippen molar-refractivity contribution in [3.05, 3.63) is 24.3 Å². The summed E-state index contributed by atoms with van der Waals surface area (Å²) in [6.45, 7) is 7.00. The number of aliphatic hydroxyl groups excluding tert-OH is 1. The highest BCUT2D eigenvalue weighted by molar-refractivity contribution is 7.98. The molecule has 0 aliphatic heterocycles. The van der Waals surface area contributed by atoms with E-state index < -0.39 is 0 Å². The SMILES string of the molecule is CSc1ccccc1NC(=O)CCN(C)C(CO)C(C)(C)C. The van der Waals surface area contributed by atoms with Crippen molar-refractivity contribution in [3.63, 3.8) is 0 Å². The number of anilines is 1. The smallest absolute Gasteiger partial charge is 0.225 e. The Morgan fingerprint density at radius 1 is 1.36 bits per heavy atom. The predicted molar refractivity (Wildman–Crippen MR) is 94.4 cm³/mol. The summed E-state index contributed by atoms with van der Waals surface area (Å²) in [6, 6.07) is 7.83. The molecule has 1 rings (SSSR count). The number of hydrogen-bond donors (Lipinski definition) is 2. The molecule has 0 heterocycles. The molecule has 0 bridgehead atoms. The number of nitrogens with zero attached hydrogens (tertiary/aromatic N) is 1. The Morgan fingerprint density at radius 3 is 2.55 bits per heavy atom. The van der Waals surface area contributed by atoms with E-state index in [1.54, 1.807) is 11.8 Å². The number of thioether (sulfide) groups is 1. The van der Waals surface area contributed by atoms with E-state index in [1.165, 1.54) is 0 Å². The van der Waals surface area contributed by atoms with Gasteiger partial charge in [0.1, 0.15) is 0 Å². The fourth-order valence-corrected chi connectivity index (χ4v) is 3.02. The van der Waals surface area contributed by atoms with Gasteiger partial charge >= 0.3 is 0 Å². The van der Waals surface area contributed by atoms with Gasteiger partial charge in [0.2, 0.25) is 5.91 Å². The number of carbonyl (C=O) groups is 1. The van der Waals surface area contributed by atoms with Gasteiger partial charge in [0.25, 0.3) is 0 Å². The molecule has 1 atom stereocenters.